The lowest BCUT2D eigenvalue weighted by Gasteiger charge is -2.35. The largest absolute Gasteiger partial charge is 0.491 e. The first kappa shape index (κ1) is 16.6. The number of Topliss-reactive ketones (excluding diaryl/α,β-unsaturated/α-hetero) is 1. The molecule has 2 atom stereocenters. The number of nitrogens with zero attached hydrogens (tertiary/aromatic N) is 1. The lowest BCUT2D eigenvalue weighted by atomic mass is 9.73. The summed E-state index contributed by atoms with van der Waals surface area (Å²) in [6, 6.07) is 9.56. The summed E-state index contributed by atoms with van der Waals surface area (Å²) in [5.74, 6) is -0.150. The van der Waals surface area contributed by atoms with Gasteiger partial charge >= 0.3 is 0 Å². The molecule has 1 aromatic rings. The highest BCUT2D eigenvalue weighted by Gasteiger charge is 2.40. The van der Waals surface area contributed by atoms with Gasteiger partial charge in [0.2, 0.25) is 0 Å². The molecule has 0 radical (unpaired) electrons. The molecule has 1 aliphatic heterocycles. The van der Waals surface area contributed by atoms with E-state index in [0.717, 1.165) is 24.1 Å². The minimum absolute atomic E-state index is 0.0500. The molecule has 0 saturated heterocycles. The average molecular weight is 342 g/mol. The number of aliphatic hydroxyl groups excluding tert-OH is 1. The van der Waals surface area contributed by atoms with E-state index in [1.807, 2.05) is 12.1 Å². The Morgan fingerprint density at radius 1 is 1.33 bits per heavy atom. The molecule has 1 heterocycles. The predicted molar refractivity (Wildman–Crippen MR) is 92.5 cm³/mol. The number of hydrogen-bond acceptors (Lipinski definition) is 5. The Morgan fingerprint density at radius 3 is 2.75 bits per heavy atom. The highest BCUT2D eigenvalue weighted by molar-refractivity contribution is 7.80. The molecule has 0 amide bonds. The summed E-state index contributed by atoms with van der Waals surface area (Å²) in [5.41, 5.74) is 2.45. The number of ether oxygens (including phenoxy) is 1. The number of carbonyl (C=O) groups is 1. The minimum Gasteiger partial charge on any atom is -0.491 e. The number of allylic oxidation sites excluding steroid dienone is 2. The Bertz CT molecular complexity index is 734. The van der Waals surface area contributed by atoms with Crippen molar-refractivity contribution in [2.75, 3.05) is 13.2 Å². The van der Waals surface area contributed by atoms with Gasteiger partial charge in [-0.25, -0.2) is 0 Å². The number of rotatable bonds is 4. The van der Waals surface area contributed by atoms with E-state index in [0.29, 0.717) is 22.7 Å². The first-order valence-electron chi connectivity index (χ1n) is 7.96. The van der Waals surface area contributed by atoms with Crippen LogP contribution in [-0.4, -0.2) is 29.1 Å². The van der Waals surface area contributed by atoms with Gasteiger partial charge in [0.15, 0.2) is 5.78 Å². The average Bonchev–Trinajstić information content (AvgIpc) is 2.59. The number of thiocarbonyl (C=S) groups is 1. The van der Waals surface area contributed by atoms with Crippen LogP contribution >= 0.6 is 12.2 Å². The summed E-state index contributed by atoms with van der Waals surface area (Å²) in [6.07, 6.45) is 2.11. The zero-order chi connectivity index (χ0) is 17.1. The molecule has 1 aliphatic carbocycles. The molecule has 0 bridgehead atoms. The third-order valence-corrected chi connectivity index (χ3v) is 4.75. The van der Waals surface area contributed by atoms with E-state index in [9.17, 15) is 10.1 Å². The molecule has 24 heavy (non-hydrogen) atoms. The quantitative estimate of drug-likeness (QED) is 0.817. The van der Waals surface area contributed by atoms with Crippen LogP contribution in [0.25, 0.3) is 0 Å². The molecule has 6 heteroatoms. The number of carbonyl (C=O) groups excluding carboxylic acids is 1. The molecular formula is C18H18N2O3S. The summed E-state index contributed by atoms with van der Waals surface area (Å²) >= 11 is 5.36. The molecule has 1 aromatic carbocycles. The van der Waals surface area contributed by atoms with Gasteiger partial charge in [0.25, 0.3) is 0 Å². The van der Waals surface area contributed by atoms with Crippen LogP contribution in [0.2, 0.25) is 0 Å². The Morgan fingerprint density at radius 2 is 2.08 bits per heavy atom. The summed E-state index contributed by atoms with van der Waals surface area (Å²) in [5, 5.41) is 21.5. The van der Waals surface area contributed by atoms with Crippen molar-refractivity contribution in [3.05, 3.63) is 41.1 Å². The summed E-state index contributed by atoms with van der Waals surface area (Å²) < 4.78 is 5.37. The number of nitrogens with one attached hydrogen (secondary N) is 1. The number of ketones is 1. The third-order valence-electron chi connectivity index (χ3n) is 4.40. The monoisotopic (exact) mass is 342 g/mol. The second-order valence-electron chi connectivity index (χ2n) is 5.88. The smallest absolute Gasteiger partial charge is 0.161 e. The zero-order valence-corrected chi connectivity index (χ0v) is 13.9. The van der Waals surface area contributed by atoms with Gasteiger partial charge in [0.1, 0.15) is 18.3 Å². The lowest BCUT2D eigenvalue weighted by Crippen LogP contribution is -2.41. The van der Waals surface area contributed by atoms with E-state index >= 15 is 0 Å². The SMILES string of the molecule is N#CC1C(=S)NC2=C(C(=O)CCC2)C1c1ccc(OCCO)cc1. The van der Waals surface area contributed by atoms with Crippen molar-refractivity contribution in [3.63, 3.8) is 0 Å². The first-order chi connectivity index (χ1) is 11.7. The van der Waals surface area contributed by atoms with Crippen LogP contribution in [0.15, 0.2) is 35.5 Å². The molecule has 2 unspecified atom stereocenters. The highest BCUT2D eigenvalue weighted by Crippen LogP contribution is 2.41. The van der Waals surface area contributed by atoms with Crippen LogP contribution < -0.4 is 10.1 Å². The summed E-state index contributed by atoms with van der Waals surface area (Å²) in [7, 11) is 0. The second kappa shape index (κ2) is 7.12. The van der Waals surface area contributed by atoms with E-state index in [1.54, 1.807) is 12.1 Å². The molecule has 5 nitrogen and oxygen atoms in total. The normalized spacial score (nSPS) is 23.3. The predicted octanol–water partition coefficient (Wildman–Crippen LogP) is 2.22. The molecule has 2 aliphatic rings. The third kappa shape index (κ3) is 3.05. The Hall–Kier alpha value is -2.23. The van der Waals surface area contributed by atoms with E-state index < -0.39 is 5.92 Å². The van der Waals surface area contributed by atoms with Crippen molar-refractivity contribution in [2.24, 2.45) is 5.92 Å². The van der Waals surface area contributed by atoms with Gasteiger partial charge in [0, 0.05) is 23.6 Å². The number of nitriles is 1. The Labute approximate surface area is 145 Å². The second-order valence-corrected chi connectivity index (χ2v) is 6.32. The van der Waals surface area contributed by atoms with Crippen molar-refractivity contribution in [3.8, 4) is 11.8 Å². The van der Waals surface area contributed by atoms with Crippen molar-refractivity contribution in [1.29, 1.82) is 5.26 Å². The van der Waals surface area contributed by atoms with E-state index in [2.05, 4.69) is 11.4 Å². The van der Waals surface area contributed by atoms with Crippen molar-refractivity contribution < 1.29 is 14.6 Å². The van der Waals surface area contributed by atoms with E-state index in [-0.39, 0.29) is 24.9 Å². The van der Waals surface area contributed by atoms with Crippen molar-refractivity contribution in [2.45, 2.75) is 25.2 Å². The molecule has 3 rings (SSSR count). The Balaban J connectivity index is 1.99. The summed E-state index contributed by atoms with van der Waals surface area (Å²) in [6.45, 7) is 0.178. The van der Waals surface area contributed by atoms with Gasteiger partial charge in [-0.3, -0.25) is 4.79 Å². The zero-order valence-electron chi connectivity index (χ0n) is 13.1. The first-order valence-corrected chi connectivity index (χ1v) is 8.37. The molecule has 0 aromatic heterocycles. The number of hydrogen-bond donors (Lipinski definition) is 2. The minimum atomic E-state index is -0.551. The number of aliphatic hydroxyl groups is 1. The standard InChI is InChI=1S/C18H18N2O3S/c19-10-13-16(11-4-6-12(7-5-11)23-9-8-21)17-14(20-18(13)24)2-1-3-15(17)22/h4-7,13,16,21H,1-3,8-9H2,(H,20,24). The van der Waals surface area contributed by atoms with Gasteiger partial charge in [-0.2, -0.15) is 5.26 Å². The van der Waals surface area contributed by atoms with E-state index in [4.69, 9.17) is 22.1 Å². The van der Waals surface area contributed by atoms with Crippen LogP contribution in [-0.2, 0) is 4.79 Å². The van der Waals surface area contributed by atoms with E-state index in [1.165, 1.54) is 0 Å². The van der Waals surface area contributed by atoms with Crippen molar-refractivity contribution >= 4 is 23.0 Å². The van der Waals surface area contributed by atoms with Gasteiger partial charge in [-0.05, 0) is 30.5 Å². The van der Waals surface area contributed by atoms with Crippen LogP contribution in [0.3, 0.4) is 0 Å². The fourth-order valence-electron chi connectivity index (χ4n) is 3.33. The maximum atomic E-state index is 12.5. The highest BCUT2D eigenvalue weighted by atomic mass is 32.1. The molecule has 0 fully saturated rings. The van der Waals surface area contributed by atoms with Crippen LogP contribution in [0, 0.1) is 17.2 Å². The fourth-order valence-corrected chi connectivity index (χ4v) is 3.64. The van der Waals surface area contributed by atoms with Crippen LogP contribution in [0.4, 0.5) is 0 Å². The number of benzene rings is 1. The summed E-state index contributed by atoms with van der Waals surface area (Å²) in [4.78, 5) is 13.0. The maximum absolute atomic E-state index is 12.5. The lowest BCUT2D eigenvalue weighted by molar-refractivity contribution is -0.116. The van der Waals surface area contributed by atoms with Gasteiger partial charge in [-0.15, -0.1) is 0 Å². The van der Waals surface area contributed by atoms with Crippen molar-refractivity contribution in [1.82, 2.24) is 5.32 Å². The topological polar surface area (TPSA) is 82.4 Å². The molecule has 2 N–H and O–H groups in total. The molecule has 124 valence electrons. The van der Waals surface area contributed by atoms with Gasteiger partial charge in [-0.1, -0.05) is 24.4 Å². The maximum Gasteiger partial charge on any atom is 0.161 e. The fraction of sp³-hybridized carbons (Fsp3) is 0.389. The molecule has 0 spiro atoms. The molecule has 0 saturated carbocycles. The van der Waals surface area contributed by atoms with Gasteiger partial charge in [0.05, 0.1) is 17.7 Å². The Kier molecular flexibility index (Phi) is 4.93. The molecular weight excluding hydrogens is 324 g/mol. The van der Waals surface area contributed by atoms with Gasteiger partial charge < -0.3 is 15.2 Å². The van der Waals surface area contributed by atoms with Crippen LogP contribution in [0.1, 0.15) is 30.7 Å². The van der Waals surface area contributed by atoms with Crippen LogP contribution in [0.5, 0.6) is 5.75 Å².